The van der Waals surface area contributed by atoms with Gasteiger partial charge in [-0.15, -0.1) is 0 Å². The van der Waals surface area contributed by atoms with Crippen molar-refractivity contribution < 1.29 is 14.4 Å². The summed E-state index contributed by atoms with van der Waals surface area (Å²) in [4.78, 5) is 38.4. The number of imide groups is 1. The van der Waals surface area contributed by atoms with Crippen molar-refractivity contribution in [2.24, 2.45) is 22.1 Å². The number of fused-ring (bicyclic) bond motifs is 1. The monoisotopic (exact) mass is 390 g/mol. The molecule has 2 aliphatic rings. The van der Waals surface area contributed by atoms with E-state index in [2.05, 4.69) is 15.5 Å². The maximum atomic E-state index is 12.5. The normalized spacial score (nSPS) is 21.4. The molecule has 2 atom stereocenters. The van der Waals surface area contributed by atoms with Crippen LogP contribution in [0.2, 0.25) is 0 Å². The van der Waals surface area contributed by atoms with E-state index >= 15 is 0 Å². The summed E-state index contributed by atoms with van der Waals surface area (Å²) in [6.45, 7) is -0.236. The van der Waals surface area contributed by atoms with Crippen LogP contribution in [0.15, 0.2) is 64.8 Å². The van der Waals surface area contributed by atoms with Crippen LogP contribution in [0.5, 0.6) is 0 Å². The highest BCUT2D eigenvalue weighted by atomic mass is 16.2. The molecule has 4 rings (SSSR count). The van der Waals surface area contributed by atoms with E-state index in [0.29, 0.717) is 11.4 Å². The molecule has 148 valence electrons. The molecule has 0 spiro atoms. The molecule has 7 heteroatoms. The Hall–Kier alpha value is -3.35. The van der Waals surface area contributed by atoms with Crippen LogP contribution >= 0.6 is 0 Å². The van der Waals surface area contributed by atoms with Crippen molar-refractivity contribution in [3.63, 3.8) is 0 Å². The number of anilines is 1. The molecule has 1 aliphatic heterocycles. The zero-order valence-corrected chi connectivity index (χ0v) is 16.0. The Morgan fingerprint density at radius 1 is 0.862 bits per heavy atom. The van der Waals surface area contributed by atoms with Crippen molar-refractivity contribution >= 4 is 34.8 Å². The van der Waals surface area contributed by atoms with Gasteiger partial charge in [-0.05, 0) is 49.2 Å². The third kappa shape index (κ3) is 4.23. The minimum Gasteiger partial charge on any atom is -0.325 e. The number of benzene rings is 2. The fourth-order valence-corrected chi connectivity index (χ4v) is 3.95. The predicted molar refractivity (Wildman–Crippen MR) is 108 cm³/mol. The Morgan fingerprint density at radius 3 is 2.00 bits per heavy atom. The molecule has 2 aromatic carbocycles. The average molecular weight is 390 g/mol. The van der Waals surface area contributed by atoms with E-state index in [0.717, 1.165) is 36.3 Å². The second-order valence-electron chi connectivity index (χ2n) is 7.39. The molecule has 0 aromatic heterocycles. The molecule has 7 nitrogen and oxygen atoms in total. The van der Waals surface area contributed by atoms with Gasteiger partial charge in [0, 0.05) is 5.69 Å². The van der Waals surface area contributed by atoms with Gasteiger partial charge in [0.15, 0.2) is 0 Å². The third-order valence-electron chi connectivity index (χ3n) is 5.42. The van der Waals surface area contributed by atoms with Gasteiger partial charge in [-0.1, -0.05) is 31.0 Å². The lowest BCUT2D eigenvalue weighted by Gasteiger charge is -2.19. The van der Waals surface area contributed by atoms with E-state index in [1.807, 2.05) is 30.3 Å². The summed E-state index contributed by atoms with van der Waals surface area (Å²) < 4.78 is 0. The van der Waals surface area contributed by atoms with Crippen molar-refractivity contribution in [2.45, 2.75) is 25.7 Å². The minimum absolute atomic E-state index is 0.202. The smallest absolute Gasteiger partial charge is 0.244 e. The van der Waals surface area contributed by atoms with Gasteiger partial charge in [0.1, 0.15) is 6.54 Å². The highest BCUT2D eigenvalue weighted by Gasteiger charge is 2.48. The number of azo groups is 1. The fourth-order valence-electron chi connectivity index (χ4n) is 3.95. The number of carbonyl (C=O) groups excluding carboxylic acids is 3. The molecule has 2 aromatic rings. The number of nitrogens with zero attached hydrogens (tertiary/aromatic N) is 3. The first-order valence-electron chi connectivity index (χ1n) is 9.84. The average Bonchev–Trinajstić information content (AvgIpc) is 2.99. The first-order chi connectivity index (χ1) is 14.1. The Balaban J connectivity index is 1.34. The molecule has 1 N–H and O–H groups in total. The van der Waals surface area contributed by atoms with Crippen molar-refractivity contribution in [1.29, 1.82) is 0 Å². The first kappa shape index (κ1) is 19.0. The number of rotatable bonds is 5. The lowest BCUT2D eigenvalue weighted by molar-refractivity contribution is -0.142. The van der Waals surface area contributed by atoms with Crippen LogP contribution in [-0.4, -0.2) is 29.2 Å². The van der Waals surface area contributed by atoms with Crippen molar-refractivity contribution in [3.05, 3.63) is 54.6 Å². The Morgan fingerprint density at radius 2 is 1.41 bits per heavy atom. The highest BCUT2D eigenvalue weighted by molar-refractivity contribution is 6.08. The molecule has 29 heavy (non-hydrogen) atoms. The van der Waals surface area contributed by atoms with Gasteiger partial charge in [0.05, 0.1) is 23.2 Å². The van der Waals surface area contributed by atoms with Crippen LogP contribution < -0.4 is 5.32 Å². The molecular formula is C22H22N4O3. The quantitative estimate of drug-likeness (QED) is 0.612. The van der Waals surface area contributed by atoms with Crippen molar-refractivity contribution in [2.75, 3.05) is 11.9 Å². The zero-order chi connectivity index (χ0) is 20.2. The van der Waals surface area contributed by atoms with Gasteiger partial charge in [0.25, 0.3) is 0 Å². The molecule has 1 aliphatic carbocycles. The van der Waals surface area contributed by atoms with Gasteiger partial charge in [-0.3, -0.25) is 19.3 Å². The van der Waals surface area contributed by atoms with Gasteiger partial charge < -0.3 is 5.32 Å². The summed E-state index contributed by atoms with van der Waals surface area (Å²) in [6.07, 6.45) is 3.42. The van der Waals surface area contributed by atoms with Crippen LogP contribution in [0.4, 0.5) is 17.1 Å². The Kier molecular flexibility index (Phi) is 5.46. The lowest BCUT2D eigenvalue weighted by atomic mass is 9.81. The maximum Gasteiger partial charge on any atom is 0.244 e. The highest BCUT2D eigenvalue weighted by Crippen LogP contribution is 2.37. The van der Waals surface area contributed by atoms with Crippen LogP contribution in [0.25, 0.3) is 0 Å². The molecule has 1 saturated heterocycles. The maximum absolute atomic E-state index is 12.5. The van der Waals surface area contributed by atoms with Crippen molar-refractivity contribution in [3.8, 4) is 0 Å². The van der Waals surface area contributed by atoms with E-state index in [1.54, 1.807) is 24.3 Å². The van der Waals surface area contributed by atoms with E-state index in [4.69, 9.17) is 0 Å². The summed E-state index contributed by atoms with van der Waals surface area (Å²) >= 11 is 0. The molecule has 3 amide bonds. The number of nitrogens with one attached hydrogen (secondary N) is 1. The predicted octanol–water partition coefficient (Wildman–Crippen LogP) is 4.22. The number of amides is 3. The first-order valence-corrected chi connectivity index (χ1v) is 9.84. The van der Waals surface area contributed by atoms with Gasteiger partial charge in [0.2, 0.25) is 17.7 Å². The fraction of sp³-hybridized carbons (Fsp3) is 0.318. The Labute approximate surface area is 168 Å². The summed E-state index contributed by atoms with van der Waals surface area (Å²) in [7, 11) is 0. The third-order valence-corrected chi connectivity index (χ3v) is 5.42. The van der Waals surface area contributed by atoms with E-state index < -0.39 is 0 Å². The molecule has 0 bridgehead atoms. The summed E-state index contributed by atoms with van der Waals surface area (Å²) in [5, 5.41) is 11.0. The molecular weight excluding hydrogens is 368 g/mol. The lowest BCUT2D eigenvalue weighted by Crippen LogP contribution is -2.38. The van der Waals surface area contributed by atoms with E-state index in [1.165, 1.54) is 0 Å². The van der Waals surface area contributed by atoms with Gasteiger partial charge in [-0.2, -0.15) is 10.2 Å². The Bertz CT molecular complexity index is 916. The second-order valence-corrected chi connectivity index (χ2v) is 7.39. The van der Waals surface area contributed by atoms with Crippen molar-refractivity contribution in [1.82, 2.24) is 4.90 Å². The summed E-state index contributed by atoms with van der Waals surface area (Å²) in [5.74, 6) is -1.27. The number of likely N-dealkylation sites (tertiary alicyclic amines) is 1. The number of hydrogen-bond acceptors (Lipinski definition) is 5. The number of hydrogen-bond donors (Lipinski definition) is 1. The number of carbonyl (C=O) groups is 3. The van der Waals surface area contributed by atoms with Crippen LogP contribution in [0, 0.1) is 11.8 Å². The summed E-state index contributed by atoms with van der Waals surface area (Å²) in [6, 6.07) is 16.3. The molecule has 0 radical (unpaired) electrons. The second kappa shape index (κ2) is 8.34. The van der Waals surface area contributed by atoms with Gasteiger partial charge >= 0.3 is 0 Å². The molecule has 0 unspecified atom stereocenters. The topological polar surface area (TPSA) is 91.2 Å². The molecule has 1 heterocycles. The summed E-state index contributed by atoms with van der Waals surface area (Å²) in [5.41, 5.74) is 1.98. The standard InChI is InChI=1S/C22H22N4O3/c27-20(14-26-21(28)18-8-4-5-9-19(18)22(26)29)23-15-10-12-17(13-11-15)25-24-16-6-2-1-3-7-16/h1-3,6-7,10-13,18-19H,4-5,8-9,14H2,(H,23,27)/t18-,19-/m0/s1. The SMILES string of the molecule is O=C(CN1C(=O)[C@H]2CCCC[C@@H]2C1=O)Nc1ccc(N=Nc2ccccc2)cc1. The minimum atomic E-state index is -0.385. The van der Waals surface area contributed by atoms with Crippen LogP contribution in [0.3, 0.4) is 0 Å². The van der Waals surface area contributed by atoms with Crippen LogP contribution in [-0.2, 0) is 14.4 Å². The van der Waals surface area contributed by atoms with Gasteiger partial charge in [-0.25, -0.2) is 0 Å². The largest absolute Gasteiger partial charge is 0.325 e. The molecule has 1 saturated carbocycles. The zero-order valence-electron chi connectivity index (χ0n) is 16.0. The van der Waals surface area contributed by atoms with Crippen LogP contribution in [0.1, 0.15) is 25.7 Å². The van der Waals surface area contributed by atoms with E-state index in [-0.39, 0.29) is 36.1 Å². The van der Waals surface area contributed by atoms with E-state index in [9.17, 15) is 14.4 Å². The molecule has 2 fully saturated rings.